The molecule has 1 heterocycles. The maximum absolute atomic E-state index is 11.7. The third-order valence-corrected chi connectivity index (χ3v) is 4.83. The molecule has 1 aliphatic rings. The molecule has 1 saturated heterocycles. The molecule has 0 saturated carbocycles. The molecule has 1 aliphatic heterocycles. The number of aliphatic hydroxyl groups excluding tert-OH is 2. The summed E-state index contributed by atoms with van der Waals surface area (Å²) in [6.07, 6.45) is -2.14. The Balaban J connectivity index is 2.74. The van der Waals surface area contributed by atoms with E-state index < -0.39 is 45.7 Å². The Kier molecular flexibility index (Phi) is 4.23. The zero-order valence-electron chi connectivity index (χ0n) is 9.17. The van der Waals surface area contributed by atoms with Gasteiger partial charge in [-0.1, -0.05) is 0 Å². The first-order valence-corrected chi connectivity index (χ1v) is 6.98. The van der Waals surface area contributed by atoms with Gasteiger partial charge < -0.3 is 14.9 Å². The van der Waals surface area contributed by atoms with E-state index in [9.17, 15) is 13.2 Å². The normalized spacial score (nSPS) is 27.1. The standard InChI is InChI=1S/C8H14ClNO6S/c1-8(4-16-7(13)10(8)9)5-17(14,15)3-6(12)2-11/h6,11-12H,2-5H2,1H3. The van der Waals surface area contributed by atoms with Gasteiger partial charge in [0.25, 0.3) is 0 Å². The van der Waals surface area contributed by atoms with Crippen molar-refractivity contribution < 1.29 is 28.2 Å². The van der Waals surface area contributed by atoms with Crippen LogP contribution in [0.1, 0.15) is 6.92 Å². The highest BCUT2D eigenvalue weighted by molar-refractivity contribution is 7.91. The van der Waals surface area contributed by atoms with Gasteiger partial charge in [0.2, 0.25) is 0 Å². The van der Waals surface area contributed by atoms with Crippen molar-refractivity contribution in [1.82, 2.24) is 4.42 Å². The predicted molar refractivity (Wildman–Crippen MR) is 59.2 cm³/mol. The number of hydrogen-bond acceptors (Lipinski definition) is 6. The van der Waals surface area contributed by atoms with Crippen molar-refractivity contribution >= 4 is 27.7 Å². The van der Waals surface area contributed by atoms with Crippen LogP contribution in [-0.2, 0) is 14.6 Å². The summed E-state index contributed by atoms with van der Waals surface area (Å²) in [5.74, 6) is -1.02. The molecule has 0 aromatic rings. The molecule has 1 amide bonds. The number of amides is 1. The average molecular weight is 288 g/mol. The van der Waals surface area contributed by atoms with Gasteiger partial charge in [-0.15, -0.1) is 0 Å². The maximum Gasteiger partial charge on any atom is 0.425 e. The van der Waals surface area contributed by atoms with Crippen molar-refractivity contribution in [3.8, 4) is 0 Å². The topological polar surface area (TPSA) is 104 Å². The number of halogens is 1. The van der Waals surface area contributed by atoms with Crippen molar-refractivity contribution in [3.05, 3.63) is 0 Å². The molecule has 0 bridgehead atoms. The highest BCUT2D eigenvalue weighted by Gasteiger charge is 2.46. The predicted octanol–water partition coefficient (Wildman–Crippen LogP) is -0.881. The molecule has 1 rings (SSSR count). The van der Waals surface area contributed by atoms with E-state index in [4.69, 9.17) is 22.0 Å². The molecule has 0 spiro atoms. The van der Waals surface area contributed by atoms with Crippen molar-refractivity contribution in [1.29, 1.82) is 0 Å². The molecule has 0 radical (unpaired) electrons. The van der Waals surface area contributed by atoms with Crippen molar-refractivity contribution in [2.45, 2.75) is 18.6 Å². The fourth-order valence-electron chi connectivity index (χ4n) is 1.53. The van der Waals surface area contributed by atoms with Gasteiger partial charge in [-0.05, 0) is 6.92 Å². The van der Waals surface area contributed by atoms with Gasteiger partial charge in [0.05, 0.1) is 24.2 Å². The summed E-state index contributed by atoms with van der Waals surface area (Å²) < 4.78 is 28.7. The largest absolute Gasteiger partial charge is 0.446 e. The molecule has 0 aromatic heterocycles. The van der Waals surface area contributed by atoms with Crippen LogP contribution in [0, 0.1) is 0 Å². The maximum atomic E-state index is 11.7. The van der Waals surface area contributed by atoms with E-state index in [2.05, 4.69) is 4.74 Å². The third-order valence-electron chi connectivity index (χ3n) is 2.33. The monoisotopic (exact) mass is 287 g/mol. The minimum absolute atomic E-state index is 0.135. The van der Waals surface area contributed by atoms with Crippen molar-refractivity contribution in [2.24, 2.45) is 0 Å². The van der Waals surface area contributed by atoms with Crippen LogP contribution in [0.5, 0.6) is 0 Å². The Morgan fingerprint density at radius 2 is 2.24 bits per heavy atom. The zero-order chi connectivity index (χ0) is 13.3. The highest BCUT2D eigenvalue weighted by atomic mass is 35.5. The molecule has 2 N–H and O–H groups in total. The Morgan fingerprint density at radius 3 is 2.65 bits per heavy atom. The Hall–Kier alpha value is -0.570. The van der Waals surface area contributed by atoms with Crippen LogP contribution in [0.2, 0.25) is 0 Å². The lowest BCUT2D eigenvalue weighted by Crippen LogP contribution is -2.46. The molecular weight excluding hydrogens is 274 g/mol. The Bertz CT molecular complexity index is 399. The van der Waals surface area contributed by atoms with Gasteiger partial charge in [0.15, 0.2) is 9.84 Å². The van der Waals surface area contributed by atoms with Gasteiger partial charge in [-0.25, -0.2) is 17.6 Å². The van der Waals surface area contributed by atoms with Crippen LogP contribution >= 0.6 is 11.8 Å². The zero-order valence-corrected chi connectivity index (χ0v) is 10.7. The number of aliphatic hydroxyl groups is 2. The summed E-state index contributed by atoms with van der Waals surface area (Å²) in [4.78, 5) is 11.0. The minimum Gasteiger partial charge on any atom is -0.446 e. The highest BCUT2D eigenvalue weighted by Crippen LogP contribution is 2.28. The summed E-state index contributed by atoms with van der Waals surface area (Å²) in [5, 5.41) is 17.7. The number of ether oxygens (including phenoxy) is 1. The van der Waals surface area contributed by atoms with Gasteiger partial charge in [0.1, 0.15) is 12.1 Å². The molecule has 100 valence electrons. The number of nitrogens with zero attached hydrogens (tertiary/aromatic N) is 1. The summed E-state index contributed by atoms with van der Waals surface area (Å²) >= 11 is 5.63. The summed E-state index contributed by atoms with van der Waals surface area (Å²) in [5.41, 5.74) is -1.16. The molecule has 9 heteroatoms. The second-order valence-electron chi connectivity index (χ2n) is 4.22. The molecule has 7 nitrogen and oxygen atoms in total. The van der Waals surface area contributed by atoms with Gasteiger partial charge in [0, 0.05) is 11.8 Å². The van der Waals surface area contributed by atoms with Gasteiger partial charge in [-0.3, -0.25) is 0 Å². The number of hydrogen-bond donors (Lipinski definition) is 2. The Labute approximate surface area is 104 Å². The second-order valence-corrected chi connectivity index (χ2v) is 6.67. The van der Waals surface area contributed by atoms with E-state index in [0.717, 1.165) is 0 Å². The minimum atomic E-state index is -3.66. The van der Waals surface area contributed by atoms with Crippen molar-refractivity contribution in [2.75, 3.05) is 24.7 Å². The lowest BCUT2D eigenvalue weighted by molar-refractivity contribution is 0.112. The average Bonchev–Trinajstić information content (AvgIpc) is 2.44. The second kappa shape index (κ2) is 4.97. The molecular formula is C8H14ClNO6S. The van der Waals surface area contributed by atoms with Crippen LogP contribution in [0.15, 0.2) is 0 Å². The van der Waals surface area contributed by atoms with E-state index in [-0.39, 0.29) is 6.61 Å². The van der Waals surface area contributed by atoms with Crippen LogP contribution in [0.3, 0.4) is 0 Å². The van der Waals surface area contributed by atoms with Crippen molar-refractivity contribution in [3.63, 3.8) is 0 Å². The summed E-state index contributed by atoms with van der Waals surface area (Å²) in [6, 6.07) is 0. The Morgan fingerprint density at radius 1 is 1.65 bits per heavy atom. The summed E-state index contributed by atoms with van der Waals surface area (Å²) in [6.45, 7) is 0.688. The quantitative estimate of drug-likeness (QED) is 0.636. The third kappa shape index (κ3) is 3.44. The lowest BCUT2D eigenvalue weighted by atomic mass is 10.1. The fraction of sp³-hybridized carbons (Fsp3) is 0.875. The van der Waals surface area contributed by atoms with E-state index >= 15 is 0 Å². The van der Waals surface area contributed by atoms with E-state index in [1.165, 1.54) is 6.92 Å². The fourth-order valence-corrected chi connectivity index (χ4v) is 3.73. The smallest absolute Gasteiger partial charge is 0.425 e. The number of carbonyl (C=O) groups excluding carboxylic acids is 1. The first-order chi connectivity index (χ1) is 7.70. The van der Waals surface area contributed by atoms with Crippen LogP contribution in [-0.4, -0.2) is 65.5 Å². The van der Waals surface area contributed by atoms with E-state index in [1.54, 1.807) is 0 Å². The molecule has 2 atom stereocenters. The molecule has 0 aromatic carbocycles. The van der Waals surface area contributed by atoms with E-state index in [0.29, 0.717) is 4.42 Å². The van der Waals surface area contributed by atoms with Gasteiger partial charge >= 0.3 is 6.09 Å². The number of cyclic esters (lactones) is 1. The first-order valence-electron chi connectivity index (χ1n) is 4.82. The van der Waals surface area contributed by atoms with Crippen LogP contribution < -0.4 is 0 Å². The van der Waals surface area contributed by atoms with Gasteiger partial charge in [-0.2, -0.15) is 0 Å². The molecule has 0 aliphatic carbocycles. The van der Waals surface area contributed by atoms with E-state index in [1.807, 2.05) is 0 Å². The van der Waals surface area contributed by atoms with Crippen LogP contribution in [0.25, 0.3) is 0 Å². The molecule has 17 heavy (non-hydrogen) atoms. The first kappa shape index (κ1) is 14.5. The van der Waals surface area contributed by atoms with Crippen LogP contribution in [0.4, 0.5) is 4.79 Å². The molecule has 2 unspecified atom stereocenters. The number of sulfone groups is 1. The number of rotatable bonds is 5. The lowest BCUT2D eigenvalue weighted by Gasteiger charge is -2.25. The number of carbonyl (C=O) groups is 1. The SMILES string of the molecule is CC1(CS(=O)(=O)CC(O)CO)COC(=O)N1Cl. The molecule has 1 fully saturated rings. The summed E-state index contributed by atoms with van der Waals surface area (Å²) in [7, 11) is -3.66.